The predicted octanol–water partition coefficient (Wildman–Crippen LogP) is 2.96. The molecular weight excluding hydrogens is 182 g/mol. The van der Waals surface area contributed by atoms with E-state index in [1.807, 2.05) is 6.92 Å². The first-order valence-corrected chi connectivity index (χ1v) is 5.16. The van der Waals surface area contributed by atoms with Gasteiger partial charge in [0.2, 0.25) is 0 Å². The summed E-state index contributed by atoms with van der Waals surface area (Å²) in [5.74, 6) is 0.443. The van der Waals surface area contributed by atoms with E-state index in [9.17, 15) is 4.79 Å². The van der Waals surface area contributed by atoms with Crippen LogP contribution in [0.3, 0.4) is 0 Å². The van der Waals surface area contributed by atoms with Crippen molar-refractivity contribution in [1.82, 2.24) is 0 Å². The van der Waals surface area contributed by atoms with E-state index in [1.54, 1.807) is 6.92 Å². The van der Waals surface area contributed by atoms with E-state index in [0.29, 0.717) is 10.9 Å². The van der Waals surface area contributed by atoms with Crippen LogP contribution in [0, 0.1) is 6.92 Å². The van der Waals surface area contributed by atoms with Gasteiger partial charge in [-0.3, -0.25) is 4.79 Å². The molecule has 0 aliphatic carbocycles. The van der Waals surface area contributed by atoms with Gasteiger partial charge in [-0.15, -0.1) is 11.3 Å². The number of carbonyl (C=O) groups excluding carboxylic acids is 1. The lowest BCUT2D eigenvalue weighted by molar-refractivity contribution is 0.101. The molecule has 3 heteroatoms. The van der Waals surface area contributed by atoms with Gasteiger partial charge < -0.3 is 5.73 Å². The Morgan fingerprint density at radius 1 is 1.46 bits per heavy atom. The summed E-state index contributed by atoms with van der Waals surface area (Å²) in [7, 11) is 0. The molecule has 0 saturated heterocycles. The Bertz CT molecular complexity index is 339. The largest absolute Gasteiger partial charge is 0.390 e. The highest BCUT2D eigenvalue weighted by molar-refractivity contribution is 7.16. The molecule has 0 atom stereocenters. The number of nitrogens with two attached hydrogens (primary N) is 1. The highest BCUT2D eigenvalue weighted by Crippen LogP contribution is 2.35. The van der Waals surface area contributed by atoms with Crippen molar-refractivity contribution >= 4 is 22.1 Å². The Kier molecular flexibility index (Phi) is 2.76. The van der Waals surface area contributed by atoms with E-state index in [4.69, 9.17) is 5.73 Å². The Hall–Kier alpha value is -0.830. The summed E-state index contributed by atoms with van der Waals surface area (Å²) in [6.45, 7) is 7.76. The molecule has 0 bridgehead atoms. The van der Waals surface area contributed by atoms with Gasteiger partial charge in [0.1, 0.15) is 0 Å². The first-order chi connectivity index (χ1) is 5.95. The number of Topliss-reactive ketones (excluding diaryl/α,β-unsaturated/α-hetero) is 1. The van der Waals surface area contributed by atoms with E-state index in [1.165, 1.54) is 11.3 Å². The zero-order chi connectivity index (χ0) is 10.2. The molecule has 1 rings (SSSR count). The molecule has 0 fully saturated rings. The predicted molar refractivity (Wildman–Crippen MR) is 57.6 cm³/mol. The molecule has 0 aliphatic rings. The highest BCUT2D eigenvalue weighted by atomic mass is 32.1. The molecule has 0 saturated carbocycles. The summed E-state index contributed by atoms with van der Waals surface area (Å²) in [6.07, 6.45) is 0. The third kappa shape index (κ3) is 1.75. The van der Waals surface area contributed by atoms with Crippen LogP contribution in [0.15, 0.2) is 0 Å². The summed E-state index contributed by atoms with van der Waals surface area (Å²) in [4.78, 5) is 12.5. The highest BCUT2D eigenvalue weighted by Gasteiger charge is 2.19. The van der Waals surface area contributed by atoms with Gasteiger partial charge in [-0.05, 0) is 25.3 Å². The molecule has 2 nitrogen and oxygen atoms in total. The Labute approximate surface area is 82.8 Å². The molecule has 1 aromatic heterocycles. The maximum Gasteiger partial charge on any atom is 0.163 e. The zero-order valence-electron chi connectivity index (χ0n) is 8.47. The number of hydrogen-bond acceptors (Lipinski definition) is 3. The van der Waals surface area contributed by atoms with E-state index < -0.39 is 0 Å². The van der Waals surface area contributed by atoms with Crippen molar-refractivity contribution in [2.24, 2.45) is 0 Å². The number of rotatable bonds is 2. The lowest BCUT2D eigenvalue weighted by Gasteiger charge is -2.06. The van der Waals surface area contributed by atoms with Crippen molar-refractivity contribution in [2.75, 3.05) is 5.73 Å². The molecule has 72 valence electrons. The zero-order valence-corrected chi connectivity index (χ0v) is 9.29. The molecule has 13 heavy (non-hydrogen) atoms. The maximum absolute atomic E-state index is 11.3. The van der Waals surface area contributed by atoms with Crippen LogP contribution >= 0.6 is 11.3 Å². The van der Waals surface area contributed by atoms with E-state index in [-0.39, 0.29) is 5.78 Å². The number of ketones is 1. The second-order valence-corrected chi connectivity index (χ2v) is 4.78. The number of aryl methyl sites for hydroxylation is 1. The van der Waals surface area contributed by atoms with Crippen LogP contribution in [0.5, 0.6) is 0 Å². The third-order valence-electron chi connectivity index (χ3n) is 2.09. The molecule has 0 amide bonds. The van der Waals surface area contributed by atoms with Crippen LogP contribution in [-0.2, 0) is 0 Å². The summed E-state index contributed by atoms with van der Waals surface area (Å²) in [6, 6.07) is 0. The molecule has 0 radical (unpaired) electrons. The molecule has 1 aromatic rings. The first-order valence-electron chi connectivity index (χ1n) is 4.34. The monoisotopic (exact) mass is 197 g/mol. The van der Waals surface area contributed by atoms with Gasteiger partial charge in [-0.2, -0.15) is 0 Å². The van der Waals surface area contributed by atoms with Crippen molar-refractivity contribution < 1.29 is 4.79 Å². The smallest absolute Gasteiger partial charge is 0.163 e. The normalized spacial score (nSPS) is 10.8. The van der Waals surface area contributed by atoms with Crippen LogP contribution < -0.4 is 5.73 Å². The standard InChI is InChI=1S/C10H15NOS/c1-5(2)8-7(4)13-10(11)9(8)6(3)12/h5H,11H2,1-4H3. The fourth-order valence-corrected chi connectivity index (χ4v) is 2.77. The molecule has 0 aliphatic heterocycles. The van der Waals surface area contributed by atoms with Crippen LogP contribution in [0.4, 0.5) is 5.00 Å². The minimum Gasteiger partial charge on any atom is -0.390 e. The Morgan fingerprint density at radius 3 is 2.31 bits per heavy atom. The minimum absolute atomic E-state index is 0.0746. The maximum atomic E-state index is 11.3. The average molecular weight is 197 g/mol. The van der Waals surface area contributed by atoms with Gasteiger partial charge in [0.15, 0.2) is 5.78 Å². The van der Waals surface area contributed by atoms with Gasteiger partial charge in [0.25, 0.3) is 0 Å². The van der Waals surface area contributed by atoms with Crippen LogP contribution in [0.25, 0.3) is 0 Å². The Balaban J connectivity index is 3.38. The summed E-state index contributed by atoms with van der Waals surface area (Å²) in [5.41, 5.74) is 7.63. The third-order valence-corrected chi connectivity index (χ3v) is 3.04. The SMILES string of the molecule is CC(=O)c1c(N)sc(C)c1C(C)C. The van der Waals surface area contributed by atoms with Crippen molar-refractivity contribution in [3.63, 3.8) is 0 Å². The number of nitrogen functional groups attached to an aromatic ring is 1. The van der Waals surface area contributed by atoms with Gasteiger partial charge in [0.05, 0.1) is 10.6 Å². The van der Waals surface area contributed by atoms with E-state index >= 15 is 0 Å². The van der Waals surface area contributed by atoms with Crippen LogP contribution in [0.2, 0.25) is 0 Å². The van der Waals surface area contributed by atoms with E-state index in [2.05, 4.69) is 13.8 Å². The van der Waals surface area contributed by atoms with Crippen LogP contribution in [-0.4, -0.2) is 5.78 Å². The molecule has 0 spiro atoms. The summed E-state index contributed by atoms with van der Waals surface area (Å²) in [5, 5.41) is 0.661. The van der Waals surface area contributed by atoms with Gasteiger partial charge in [-0.1, -0.05) is 13.8 Å². The second kappa shape index (κ2) is 3.50. The van der Waals surface area contributed by atoms with E-state index in [0.717, 1.165) is 16.0 Å². The fourth-order valence-electron chi connectivity index (χ4n) is 1.64. The lowest BCUT2D eigenvalue weighted by atomic mass is 9.97. The number of thiophene rings is 1. The van der Waals surface area contributed by atoms with Gasteiger partial charge >= 0.3 is 0 Å². The van der Waals surface area contributed by atoms with Crippen molar-refractivity contribution in [1.29, 1.82) is 0 Å². The van der Waals surface area contributed by atoms with Crippen molar-refractivity contribution in [3.8, 4) is 0 Å². The second-order valence-electron chi connectivity index (χ2n) is 3.52. The minimum atomic E-state index is 0.0746. The van der Waals surface area contributed by atoms with Crippen molar-refractivity contribution in [3.05, 3.63) is 16.0 Å². The fraction of sp³-hybridized carbons (Fsp3) is 0.500. The summed E-state index contributed by atoms with van der Waals surface area (Å²) < 4.78 is 0. The Morgan fingerprint density at radius 2 is 2.00 bits per heavy atom. The van der Waals surface area contributed by atoms with Gasteiger partial charge in [0, 0.05) is 4.88 Å². The van der Waals surface area contributed by atoms with Crippen LogP contribution in [0.1, 0.15) is 47.5 Å². The van der Waals surface area contributed by atoms with Crippen molar-refractivity contribution in [2.45, 2.75) is 33.6 Å². The summed E-state index contributed by atoms with van der Waals surface area (Å²) >= 11 is 1.51. The molecule has 1 heterocycles. The first kappa shape index (κ1) is 10.3. The molecule has 0 aromatic carbocycles. The molecular formula is C10H15NOS. The lowest BCUT2D eigenvalue weighted by Crippen LogP contribution is -2.01. The van der Waals surface area contributed by atoms with Gasteiger partial charge in [-0.25, -0.2) is 0 Å². The number of carbonyl (C=O) groups is 1. The topological polar surface area (TPSA) is 43.1 Å². The molecule has 0 unspecified atom stereocenters. The number of anilines is 1. The number of hydrogen-bond donors (Lipinski definition) is 1. The average Bonchev–Trinajstić information content (AvgIpc) is 2.24. The molecule has 2 N–H and O–H groups in total. The quantitative estimate of drug-likeness (QED) is 0.741.